The fourth-order valence-corrected chi connectivity index (χ4v) is 5.95. The van der Waals surface area contributed by atoms with E-state index >= 15 is 0 Å². The van der Waals surface area contributed by atoms with Crippen molar-refractivity contribution in [2.24, 2.45) is 0 Å². The number of furan rings is 2. The molecule has 2 aromatic carbocycles. The molecule has 0 bridgehead atoms. The molecule has 0 fully saturated rings. The first-order chi connectivity index (χ1) is 21.8. The monoisotopic (exact) mass is 730 g/mol. The molecule has 236 valence electrons. The molecule has 12 nitrogen and oxygen atoms in total. The molecule has 2 heterocycles. The second kappa shape index (κ2) is 14.2. The fraction of sp³-hybridized carbons (Fsp3) is 0.281. The number of para-hydroxylation sites is 1. The summed E-state index contributed by atoms with van der Waals surface area (Å²) in [6.07, 6.45) is 2.62. The maximum Gasteiger partial charge on any atom is 0.290 e. The molecule has 0 radical (unpaired) electrons. The number of benzene rings is 2. The van der Waals surface area contributed by atoms with Crippen LogP contribution in [0.2, 0.25) is 0 Å². The Morgan fingerprint density at radius 3 is 2.64 bits per heavy atom. The molecular formula is C32H31IN2O10. The van der Waals surface area contributed by atoms with Crippen LogP contribution in [0.3, 0.4) is 0 Å². The predicted molar refractivity (Wildman–Crippen MR) is 169 cm³/mol. The van der Waals surface area contributed by atoms with Crippen molar-refractivity contribution >= 4 is 51.7 Å². The molecule has 1 aliphatic rings. The summed E-state index contributed by atoms with van der Waals surface area (Å²) in [7, 11) is 2.92. The summed E-state index contributed by atoms with van der Waals surface area (Å²) in [5.74, 6) is -0.0796. The van der Waals surface area contributed by atoms with Crippen molar-refractivity contribution in [2.45, 2.75) is 31.2 Å². The number of rotatable bonds is 12. The van der Waals surface area contributed by atoms with Crippen LogP contribution in [0.25, 0.3) is 11.0 Å². The average molecular weight is 731 g/mol. The molecule has 1 aliphatic carbocycles. The lowest BCUT2D eigenvalue weighted by Gasteiger charge is -2.40. The maximum absolute atomic E-state index is 14.2. The van der Waals surface area contributed by atoms with Crippen LogP contribution in [0.1, 0.15) is 32.9 Å². The minimum absolute atomic E-state index is 0.00386. The number of ether oxygens (including phenoxy) is 3. The lowest BCUT2D eigenvalue weighted by molar-refractivity contribution is -0.118. The van der Waals surface area contributed by atoms with Gasteiger partial charge in [-0.3, -0.25) is 14.4 Å². The number of carbonyl (C=O) groups is 3. The van der Waals surface area contributed by atoms with Crippen LogP contribution >= 0.6 is 22.6 Å². The van der Waals surface area contributed by atoms with Crippen molar-refractivity contribution in [1.29, 1.82) is 0 Å². The smallest absolute Gasteiger partial charge is 0.290 e. The van der Waals surface area contributed by atoms with Crippen molar-refractivity contribution in [2.75, 3.05) is 27.4 Å². The van der Waals surface area contributed by atoms with Crippen LogP contribution in [0.15, 0.2) is 75.5 Å². The van der Waals surface area contributed by atoms with E-state index in [4.69, 9.17) is 23.0 Å². The number of aldehydes is 1. The number of fused-ring (bicyclic) bond motifs is 1. The zero-order chi connectivity index (χ0) is 32.1. The van der Waals surface area contributed by atoms with Gasteiger partial charge in [0.15, 0.2) is 28.6 Å². The van der Waals surface area contributed by atoms with Gasteiger partial charge in [-0.15, -0.1) is 0 Å². The van der Waals surface area contributed by atoms with Crippen LogP contribution in [0, 0.1) is 3.57 Å². The van der Waals surface area contributed by atoms with E-state index in [0.717, 1.165) is 0 Å². The van der Waals surface area contributed by atoms with Gasteiger partial charge in [0.25, 0.3) is 5.91 Å². The SMILES string of the molecule is COc1cc(C=O)cc(I)c1OC1C=C(C(=O)NCCO)CC(N(Cc2ccoc2)C(=O)c2cc3cccc(OC)c3o2)C1O. The highest BCUT2D eigenvalue weighted by molar-refractivity contribution is 14.1. The second-order valence-electron chi connectivity index (χ2n) is 10.2. The Kier molecular flexibility index (Phi) is 10.1. The van der Waals surface area contributed by atoms with E-state index in [9.17, 15) is 24.6 Å². The molecule has 3 atom stereocenters. The Morgan fingerprint density at radius 2 is 1.96 bits per heavy atom. The number of halogens is 1. The average Bonchev–Trinajstić information content (AvgIpc) is 3.74. The zero-order valence-electron chi connectivity index (χ0n) is 24.4. The molecule has 2 amide bonds. The van der Waals surface area contributed by atoms with Crippen molar-refractivity contribution in [3.8, 4) is 17.2 Å². The molecule has 0 saturated carbocycles. The molecule has 4 aromatic rings. The number of aliphatic hydroxyl groups excluding tert-OH is 2. The largest absolute Gasteiger partial charge is 0.493 e. The molecule has 13 heteroatoms. The van der Waals surface area contributed by atoms with E-state index in [1.807, 2.05) is 22.6 Å². The van der Waals surface area contributed by atoms with Crippen LogP contribution < -0.4 is 19.5 Å². The van der Waals surface area contributed by atoms with Gasteiger partial charge in [0.1, 0.15) is 18.5 Å². The summed E-state index contributed by atoms with van der Waals surface area (Å²) in [4.78, 5) is 40.3. The Labute approximate surface area is 271 Å². The first-order valence-corrected chi connectivity index (χ1v) is 15.0. The molecule has 45 heavy (non-hydrogen) atoms. The van der Waals surface area contributed by atoms with Crippen LogP contribution in [0.5, 0.6) is 17.2 Å². The van der Waals surface area contributed by atoms with Gasteiger partial charge in [-0.25, -0.2) is 0 Å². The van der Waals surface area contributed by atoms with Gasteiger partial charge in [0.05, 0.1) is 43.0 Å². The summed E-state index contributed by atoms with van der Waals surface area (Å²) in [5.41, 5.74) is 1.63. The van der Waals surface area contributed by atoms with Gasteiger partial charge in [-0.05, 0) is 59.0 Å². The van der Waals surface area contributed by atoms with Crippen LogP contribution in [-0.4, -0.2) is 78.8 Å². The molecule has 0 saturated heterocycles. The number of methoxy groups -OCH3 is 2. The van der Waals surface area contributed by atoms with Gasteiger partial charge in [-0.1, -0.05) is 12.1 Å². The van der Waals surface area contributed by atoms with Crippen molar-refractivity contribution in [3.05, 3.63) is 87.1 Å². The first kappa shape index (κ1) is 32.1. The van der Waals surface area contributed by atoms with Crippen LogP contribution in [0.4, 0.5) is 0 Å². The molecule has 2 aromatic heterocycles. The number of amides is 2. The van der Waals surface area contributed by atoms with Gasteiger partial charge in [0.2, 0.25) is 5.91 Å². The minimum Gasteiger partial charge on any atom is -0.493 e. The number of nitrogens with one attached hydrogen (secondary N) is 1. The first-order valence-electron chi connectivity index (χ1n) is 13.9. The van der Waals surface area contributed by atoms with E-state index in [1.54, 1.807) is 36.4 Å². The number of carbonyl (C=O) groups excluding carboxylic acids is 3. The maximum atomic E-state index is 14.2. The van der Waals surface area contributed by atoms with Crippen molar-refractivity contribution in [1.82, 2.24) is 10.2 Å². The Morgan fingerprint density at radius 1 is 1.16 bits per heavy atom. The molecule has 0 spiro atoms. The van der Waals surface area contributed by atoms with E-state index in [-0.39, 0.29) is 48.9 Å². The summed E-state index contributed by atoms with van der Waals surface area (Å²) in [6.45, 7) is -0.255. The van der Waals surface area contributed by atoms with E-state index in [2.05, 4.69) is 5.32 Å². The van der Waals surface area contributed by atoms with Gasteiger partial charge >= 0.3 is 0 Å². The number of aliphatic hydroxyl groups is 2. The molecule has 0 aliphatic heterocycles. The van der Waals surface area contributed by atoms with Gasteiger partial charge in [-0.2, -0.15) is 0 Å². The molecular weight excluding hydrogens is 699 g/mol. The number of hydrogen-bond acceptors (Lipinski definition) is 10. The Bertz CT molecular complexity index is 1710. The lowest BCUT2D eigenvalue weighted by atomic mass is 9.87. The van der Waals surface area contributed by atoms with Crippen LogP contribution in [-0.2, 0) is 11.3 Å². The number of hydrogen-bond donors (Lipinski definition) is 3. The third-order valence-electron chi connectivity index (χ3n) is 7.39. The molecule has 5 rings (SSSR count). The van der Waals surface area contributed by atoms with E-state index in [0.29, 0.717) is 37.7 Å². The zero-order valence-corrected chi connectivity index (χ0v) is 26.6. The van der Waals surface area contributed by atoms with E-state index < -0.39 is 30.1 Å². The summed E-state index contributed by atoms with van der Waals surface area (Å²) in [6, 6.07) is 10.7. The predicted octanol–water partition coefficient (Wildman–Crippen LogP) is 3.72. The summed E-state index contributed by atoms with van der Waals surface area (Å²) >= 11 is 1.99. The highest BCUT2D eigenvalue weighted by Crippen LogP contribution is 2.38. The topological polar surface area (TPSA) is 161 Å². The molecule has 3 N–H and O–H groups in total. The highest BCUT2D eigenvalue weighted by Gasteiger charge is 2.42. The third-order valence-corrected chi connectivity index (χ3v) is 8.19. The normalized spacial score (nSPS) is 17.8. The minimum atomic E-state index is -1.33. The van der Waals surface area contributed by atoms with E-state index in [1.165, 1.54) is 43.8 Å². The Balaban J connectivity index is 1.56. The summed E-state index contributed by atoms with van der Waals surface area (Å²) in [5, 5.41) is 24.4. The van der Waals surface area contributed by atoms with Gasteiger partial charge in [0, 0.05) is 41.6 Å². The third kappa shape index (κ3) is 6.84. The highest BCUT2D eigenvalue weighted by atomic mass is 127. The van der Waals surface area contributed by atoms with Crippen molar-refractivity contribution in [3.63, 3.8) is 0 Å². The molecule has 3 unspecified atom stereocenters. The number of nitrogens with zero attached hydrogens (tertiary/aromatic N) is 1. The quantitative estimate of drug-likeness (QED) is 0.145. The second-order valence-corrected chi connectivity index (χ2v) is 11.4. The Hall–Kier alpha value is -4.34. The summed E-state index contributed by atoms with van der Waals surface area (Å²) < 4.78 is 28.9. The lowest BCUT2D eigenvalue weighted by Crippen LogP contribution is -2.54. The van der Waals surface area contributed by atoms with Crippen molar-refractivity contribution < 1.29 is 47.6 Å². The fourth-order valence-electron chi connectivity index (χ4n) is 5.20. The standard InChI is InChI=1S/C32H31IN2O10/c1-41-24-5-3-4-20-13-27(45-29(20)24)32(40)35(15-18-6-9-43-17-18)23-12-21(31(39)34-7-8-36)14-25(28(23)38)44-30-22(33)10-19(16-37)11-26(30)42-2/h3-6,9-11,13-14,16-17,23,25,28,36,38H,7-8,12,15H2,1-2H3,(H,34,39). The van der Waals surface area contributed by atoms with Gasteiger partial charge < -0.3 is 43.5 Å².